The Kier molecular flexibility index (Phi) is 4.27. The van der Waals surface area contributed by atoms with Crippen LogP contribution in [0.4, 0.5) is 0 Å². The molecule has 0 aromatic carbocycles. The van der Waals surface area contributed by atoms with Gasteiger partial charge in [0.25, 0.3) is 0 Å². The number of rotatable bonds is 5. The normalized spacial score (nSPS) is 14.4. The lowest BCUT2D eigenvalue weighted by Crippen LogP contribution is -2.26. The second-order valence-corrected chi connectivity index (χ2v) is 5.09. The number of nitrogens with two attached hydrogens (primary N) is 1. The van der Waals surface area contributed by atoms with Gasteiger partial charge in [0.2, 0.25) is 5.16 Å². The van der Waals surface area contributed by atoms with Crippen molar-refractivity contribution < 1.29 is 0 Å². The number of aryl methyl sites for hydroxylation is 1. The van der Waals surface area contributed by atoms with E-state index in [0.717, 1.165) is 17.1 Å². The Hall–Kier alpha value is -1.47. The lowest BCUT2D eigenvalue weighted by atomic mass is 10.1. The van der Waals surface area contributed by atoms with Crippen molar-refractivity contribution in [1.29, 1.82) is 0 Å². The molecule has 0 spiro atoms. The highest BCUT2D eigenvalue weighted by Gasteiger charge is 2.22. The Morgan fingerprint density at radius 3 is 2.89 bits per heavy atom. The second-order valence-electron chi connectivity index (χ2n) is 3.98. The van der Waals surface area contributed by atoms with E-state index in [1.165, 1.54) is 0 Å². The molecule has 0 amide bonds. The molecule has 0 fully saturated rings. The number of nitrogens with zero attached hydrogens (tertiary/aromatic N) is 5. The van der Waals surface area contributed by atoms with E-state index >= 15 is 0 Å². The first-order valence-electron chi connectivity index (χ1n) is 5.77. The monoisotopic (exact) mass is 264 g/mol. The van der Waals surface area contributed by atoms with Gasteiger partial charge in [0.15, 0.2) is 0 Å². The zero-order valence-electron chi connectivity index (χ0n) is 10.4. The van der Waals surface area contributed by atoms with Crippen molar-refractivity contribution in [3.63, 3.8) is 0 Å². The first kappa shape index (κ1) is 13.0. The van der Waals surface area contributed by atoms with Crippen LogP contribution in [0, 0.1) is 0 Å². The van der Waals surface area contributed by atoms with Crippen LogP contribution in [0.15, 0.2) is 29.7 Å². The molecule has 7 heteroatoms. The molecule has 2 aromatic rings. The zero-order valence-corrected chi connectivity index (χ0v) is 11.2. The molecule has 0 aliphatic heterocycles. The maximum atomic E-state index is 6.19. The molecular weight excluding hydrogens is 248 g/mol. The van der Waals surface area contributed by atoms with Gasteiger partial charge in [-0.2, -0.15) is 0 Å². The third kappa shape index (κ3) is 2.85. The fourth-order valence-electron chi connectivity index (χ4n) is 1.60. The Balaban J connectivity index is 2.24. The summed E-state index contributed by atoms with van der Waals surface area (Å²) < 4.78 is 1.65. The highest BCUT2D eigenvalue weighted by molar-refractivity contribution is 7.99. The Labute approximate surface area is 110 Å². The van der Waals surface area contributed by atoms with Crippen LogP contribution >= 0.6 is 11.8 Å². The van der Waals surface area contributed by atoms with Gasteiger partial charge in [0, 0.05) is 25.5 Å². The largest absolute Gasteiger partial charge is 0.326 e. The van der Waals surface area contributed by atoms with Gasteiger partial charge in [-0.3, -0.25) is 4.98 Å². The van der Waals surface area contributed by atoms with Gasteiger partial charge in [-0.05, 0) is 28.5 Å². The molecule has 2 unspecified atom stereocenters. The van der Waals surface area contributed by atoms with Crippen LogP contribution < -0.4 is 5.73 Å². The quantitative estimate of drug-likeness (QED) is 0.816. The average molecular weight is 264 g/mol. The van der Waals surface area contributed by atoms with Crippen molar-refractivity contribution in [2.75, 3.05) is 0 Å². The summed E-state index contributed by atoms with van der Waals surface area (Å²) in [6, 6.07) is 3.99. The molecule has 2 N–H and O–H groups in total. The molecule has 0 saturated carbocycles. The molecular formula is C11H16N6S. The summed E-state index contributed by atoms with van der Waals surface area (Å²) in [5.74, 6) is 0. The molecule has 6 nitrogen and oxygen atoms in total. The summed E-state index contributed by atoms with van der Waals surface area (Å²) in [7, 11) is 1.82. The van der Waals surface area contributed by atoms with Crippen LogP contribution in [-0.2, 0) is 7.05 Å². The first-order chi connectivity index (χ1) is 8.72. The lowest BCUT2D eigenvalue weighted by molar-refractivity contribution is 0.623. The van der Waals surface area contributed by atoms with Crippen molar-refractivity contribution >= 4 is 11.8 Å². The Bertz CT molecular complexity index is 485. The van der Waals surface area contributed by atoms with E-state index in [1.54, 1.807) is 22.6 Å². The van der Waals surface area contributed by atoms with Gasteiger partial charge in [-0.25, -0.2) is 4.68 Å². The van der Waals surface area contributed by atoms with Crippen LogP contribution in [0.2, 0.25) is 0 Å². The van der Waals surface area contributed by atoms with E-state index in [2.05, 4.69) is 27.4 Å². The maximum absolute atomic E-state index is 6.19. The van der Waals surface area contributed by atoms with Crippen molar-refractivity contribution in [2.45, 2.75) is 29.8 Å². The molecule has 96 valence electrons. The van der Waals surface area contributed by atoms with Gasteiger partial charge in [0.1, 0.15) is 0 Å². The van der Waals surface area contributed by atoms with E-state index in [9.17, 15) is 0 Å². The molecule has 2 rings (SSSR count). The summed E-state index contributed by atoms with van der Waals surface area (Å²) >= 11 is 1.57. The number of aromatic nitrogens is 5. The third-order valence-electron chi connectivity index (χ3n) is 2.69. The Morgan fingerprint density at radius 1 is 1.50 bits per heavy atom. The molecule has 0 aliphatic rings. The lowest BCUT2D eigenvalue weighted by Gasteiger charge is -2.21. The van der Waals surface area contributed by atoms with Crippen molar-refractivity contribution in [3.8, 4) is 0 Å². The van der Waals surface area contributed by atoms with E-state index < -0.39 is 0 Å². The predicted octanol–water partition coefficient (Wildman–Crippen LogP) is 1.18. The Morgan fingerprint density at radius 2 is 2.33 bits per heavy atom. The molecule has 0 radical (unpaired) electrons. The number of pyridine rings is 1. The zero-order chi connectivity index (χ0) is 13.0. The summed E-state index contributed by atoms with van der Waals surface area (Å²) in [5.41, 5.74) is 7.29. The van der Waals surface area contributed by atoms with E-state index in [1.807, 2.05) is 25.4 Å². The van der Waals surface area contributed by atoms with E-state index in [-0.39, 0.29) is 11.3 Å². The predicted molar refractivity (Wildman–Crippen MR) is 69.9 cm³/mol. The number of hydrogen-bond acceptors (Lipinski definition) is 6. The van der Waals surface area contributed by atoms with Crippen LogP contribution in [-0.4, -0.2) is 31.2 Å². The minimum absolute atomic E-state index is 0.0379. The van der Waals surface area contributed by atoms with E-state index in [0.29, 0.717) is 0 Å². The molecule has 0 saturated heterocycles. The second kappa shape index (κ2) is 5.92. The highest BCUT2D eigenvalue weighted by Crippen LogP contribution is 2.36. The van der Waals surface area contributed by atoms with Gasteiger partial charge >= 0.3 is 0 Å². The minimum Gasteiger partial charge on any atom is -0.326 e. The summed E-state index contributed by atoms with van der Waals surface area (Å²) in [6.07, 6.45) is 4.49. The van der Waals surface area contributed by atoms with Gasteiger partial charge in [-0.15, -0.1) is 5.10 Å². The van der Waals surface area contributed by atoms with Crippen molar-refractivity contribution in [2.24, 2.45) is 12.8 Å². The molecule has 2 atom stereocenters. The average Bonchev–Trinajstić information content (AvgIpc) is 2.81. The number of tetrazole rings is 1. The third-order valence-corrected chi connectivity index (χ3v) is 4.12. The number of hydrogen-bond donors (Lipinski definition) is 1. The molecule has 0 bridgehead atoms. The smallest absolute Gasteiger partial charge is 0.209 e. The van der Waals surface area contributed by atoms with Crippen LogP contribution in [0.1, 0.15) is 24.2 Å². The fourth-order valence-corrected chi connectivity index (χ4v) is 2.74. The summed E-state index contributed by atoms with van der Waals surface area (Å²) in [4.78, 5) is 4.15. The standard InChI is InChI=1S/C11H16N6S/c1-3-9(12)10(8-5-4-6-13-7-8)18-11-14-15-16-17(11)2/h4-7,9-10H,3,12H2,1-2H3. The topological polar surface area (TPSA) is 82.5 Å². The van der Waals surface area contributed by atoms with Crippen molar-refractivity contribution in [1.82, 2.24) is 25.2 Å². The van der Waals surface area contributed by atoms with Gasteiger partial charge < -0.3 is 5.73 Å². The molecule has 2 heterocycles. The van der Waals surface area contributed by atoms with E-state index in [4.69, 9.17) is 5.73 Å². The van der Waals surface area contributed by atoms with Crippen molar-refractivity contribution in [3.05, 3.63) is 30.1 Å². The molecule has 0 aliphatic carbocycles. The van der Waals surface area contributed by atoms with Crippen LogP contribution in [0.3, 0.4) is 0 Å². The minimum atomic E-state index is 0.0379. The van der Waals surface area contributed by atoms with Gasteiger partial charge in [0.05, 0.1) is 5.25 Å². The highest BCUT2D eigenvalue weighted by atomic mass is 32.2. The fraction of sp³-hybridized carbons (Fsp3) is 0.455. The van der Waals surface area contributed by atoms with Crippen LogP contribution in [0.25, 0.3) is 0 Å². The maximum Gasteiger partial charge on any atom is 0.209 e. The van der Waals surface area contributed by atoms with Gasteiger partial charge in [-0.1, -0.05) is 24.8 Å². The summed E-state index contributed by atoms with van der Waals surface area (Å²) in [5, 5.41) is 12.3. The first-order valence-corrected chi connectivity index (χ1v) is 6.65. The molecule has 2 aromatic heterocycles. The number of thioether (sulfide) groups is 1. The van der Waals surface area contributed by atoms with Crippen LogP contribution in [0.5, 0.6) is 0 Å². The SMILES string of the molecule is CCC(N)C(Sc1nnnn1C)c1cccnc1. The molecule has 18 heavy (non-hydrogen) atoms. The summed E-state index contributed by atoms with van der Waals surface area (Å²) in [6.45, 7) is 2.07.